The molecule has 0 spiro atoms. The van der Waals surface area contributed by atoms with E-state index in [2.05, 4.69) is 20.6 Å². The molecule has 0 saturated heterocycles. The summed E-state index contributed by atoms with van der Waals surface area (Å²) in [4.78, 5) is 21.4. The van der Waals surface area contributed by atoms with Gasteiger partial charge < -0.3 is 15.4 Å². The Labute approximate surface area is 187 Å². The standard InChI is InChI=1S/C24H19F3N4O2/c1-28-23-29-10-9-20(31-23)16-11-15-5-8-18(33-2)13-19(15)21(12-16)30-22(32)14-3-6-17(7-4-14)24(25,26)27/h3-13H,1-2H3,(H,30,32)(H,28,29,31). The molecule has 0 bridgehead atoms. The first-order valence-electron chi connectivity index (χ1n) is 9.90. The van der Waals surface area contributed by atoms with E-state index in [1.165, 1.54) is 7.11 Å². The van der Waals surface area contributed by atoms with Crippen LogP contribution in [0.4, 0.5) is 24.8 Å². The molecule has 4 rings (SSSR count). The lowest BCUT2D eigenvalue weighted by Crippen LogP contribution is -2.13. The van der Waals surface area contributed by atoms with E-state index in [0.29, 0.717) is 28.5 Å². The molecule has 0 saturated carbocycles. The zero-order valence-corrected chi connectivity index (χ0v) is 17.7. The molecular weight excluding hydrogens is 433 g/mol. The van der Waals surface area contributed by atoms with Crippen LogP contribution in [-0.4, -0.2) is 30.0 Å². The maximum absolute atomic E-state index is 12.9. The van der Waals surface area contributed by atoms with Gasteiger partial charge in [0.25, 0.3) is 5.91 Å². The van der Waals surface area contributed by atoms with Gasteiger partial charge in [-0.1, -0.05) is 6.07 Å². The molecule has 1 heterocycles. The van der Waals surface area contributed by atoms with Crippen molar-refractivity contribution >= 4 is 28.3 Å². The average molecular weight is 452 g/mol. The van der Waals surface area contributed by atoms with Crippen LogP contribution in [0, 0.1) is 0 Å². The lowest BCUT2D eigenvalue weighted by Gasteiger charge is -2.14. The third kappa shape index (κ3) is 4.72. The van der Waals surface area contributed by atoms with Crippen LogP contribution in [0.3, 0.4) is 0 Å². The van der Waals surface area contributed by atoms with Gasteiger partial charge in [-0.25, -0.2) is 9.97 Å². The first-order valence-corrected chi connectivity index (χ1v) is 9.90. The van der Waals surface area contributed by atoms with Gasteiger partial charge in [0.1, 0.15) is 5.75 Å². The molecule has 0 aliphatic carbocycles. The summed E-state index contributed by atoms with van der Waals surface area (Å²) < 4.78 is 43.8. The van der Waals surface area contributed by atoms with E-state index in [-0.39, 0.29) is 5.56 Å². The Morgan fingerprint density at radius 2 is 1.76 bits per heavy atom. The average Bonchev–Trinajstić information content (AvgIpc) is 2.83. The summed E-state index contributed by atoms with van der Waals surface area (Å²) in [7, 11) is 3.25. The van der Waals surface area contributed by atoms with Crippen LogP contribution in [0.15, 0.2) is 66.9 Å². The second-order valence-electron chi connectivity index (χ2n) is 7.16. The summed E-state index contributed by atoms with van der Waals surface area (Å²) in [5.74, 6) is 0.501. The van der Waals surface area contributed by atoms with Crippen molar-refractivity contribution in [1.29, 1.82) is 0 Å². The maximum Gasteiger partial charge on any atom is 0.416 e. The largest absolute Gasteiger partial charge is 0.497 e. The first kappa shape index (κ1) is 22.1. The van der Waals surface area contributed by atoms with E-state index in [9.17, 15) is 18.0 Å². The fraction of sp³-hybridized carbons (Fsp3) is 0.125. The lowest BCUT2D eigenvalue weighted by atomic mass is 10.0. The maximum atomic E-state index is 12.9. The van der Waals surface area contributed by atoms with Gasteiger partial charge in [0.2, 0.25) is 5.95 Å². The van der Waals surface area contributed by atoms with Crippen molar-refractivity contribution in [3.8, 4) is 17.0 Å². The van der Waals surface area contributed by atoms with Crippen molar-refractivity contribution in [2.75, 3.05) is 24.8 Å². The highest BCUT2D eigenvalue weighted by atomic mass is 19.4. The third-order valence-corrected chi connectivity index (χ3v) is 5.06. The number of anilines is 2. The van der Waals surface area contributed by atoms with Crippen molar-refractivity contribution in [3.63, 3.8) is 0 Å². The number of halogens is 3. The molecule has 0 unspecified atom stereocenters. The van der Waals surface area contributed by atoms with Gasteiger partial charge in [-0.3, -0.25) is 4.79 Å². The Hall–Kier alpha value is -4.14. The molecule has 0 aliphatic heterocycles. The third-order valence-electron chi connectivity index (χ3n) is 5.06. The molecule has 3 aromatic carbocycles. The van der Waals surface area contributed by atoms with E-state index in [1.807, 2.05) is 12.1 Å². The molecule has 33 heavy (non-hydrogen) atoms. The number of carbonyl (C=O) groups is 1. The number of methoxy groups -OCH3 is 1. The van der Waals surface area contributed by atoms with Gasteiger partial charge in [0.15, 0.2) is 0 Å². The van der Waals surface area contributed by atoms with Crippen molar-refractivity contribution in [1.82, 2.24) is 9.97 Å². The van der Waals surface area contributed by atoms with Crippen molar-refractivity contribution < 1.29 is 22.7 Å². The molecule has 168 valence electrons. The highest BCUT2D eigenvalue weighted by molar-refractivity contribution is 6.10. The van der Waals surface area contributed by atoms with Crippen LogP contribution in [-0.2, 0) is 6.18 Å². The molecule has 9 heteroatoms. The van der Waals surface area contributed by atoms with Crippen LogP contribution in [0.5, 0.6) is 5.75 Å². The summed E-state index contributed by atoms with van der Waals surface area (Å²) in [5.41, 5.74) is 1.12. The van der Waals surface area contributed by atoms with Gasteiger partial charge in [-0.05, 0) is 60.0 Å². The Bertz CT molecular complexity index is 1320. The fourth-order valence-corrected chi connectivity index (χ4v) is 3.36. The molecular formula is C24H19F3N4O2. The molecule has 4 aromatic rings. The van der Waals surface area contributed by atoms with Gasteiger partial charge in [-0.15, -0.1) is 0 Å². The predicted octanol–water partition coefficient (Wildman–Crippen LogP) is 5.62. The highest BCUT2D eigenvalue weighted by Crippen LogP contribution is 2.34. The fourth-order valence-electron chi connectivity index (χ4n) is 3.36. The normalized spacial score (nSPS) is 11.3. The molecule has 0 radical (unpaired) electrons. The van der Waals surface area contributed by atoms with Crippen molar-refractivity contribution in [2.24, 2.45) is 0 Å². The number of alkyl halides is 3. The highest BCUT2D eigenvalue weighted by Gasteiger charge is 2.30. The first-order chi connectivity index (χ1) is 15.8. The monoisotopic (exact) mass is 452 g/mol. The van der Waals surface area contributed by atoms with E-state index in [4.69, 9.17) is 4.74 Å². The summed E-state index contributed by atoms with van der Waals surface area (Å²) >= 11 is 0. The number of benzene rings is 3. The minimum Gasteiger partial charge on any atom is -0.497 e. The quantitative estimate of drug-likeness (QED) is 0.411. The molecule has 1 aromatic heterocycles. The van der Waals surface area contributed by atoms with Crippen LogP contribution >= 0.6 is 0 Å². The van der Waals surface area contributed by atoms with Gasteiger partial charge in [-0.2, -0.15) is 13.2 Å². The van der Waals surface area contributed by atoms with Gasteiger partial charge in [0, 0.05) is 35.4 Å². The lowest BCUT2D eigenvalue weighted by molar-refractivity contribution is -0.137. The van der Waals surface area contributed by atoms with E-state index < -0.39 is 17.6 Å². The molecule has 0 aliphatic rings. The Morgan fingerprint density at radius 1 is 1.00 bits per heavy atom. The van der Waals surface area contributed by atoms with Crippen molar-refractivity contribution in [3.05, 3.63) is 78.0 Å². The molecule has 6 nitrogen and oxygen atoms in total. The number of aromatic nitrogens is 2. The second-order valence-corrected chi connectivity index (χ2v) is 7.16. The summed E-state index contributed by atoms with van der Waals surface area (Å²) in [6.07, 6.45) is -2.85. The number of nitrogens with one attached hydrogen (secondary N) is 2. The van der Waals surface area contributed by atoms with Crippen LogP contribution in [0.2, 0.25) is 0 Å². The van der Waals surface area contributed by atoms with E-state index in [0.717, 1.165) is 35.2 Å². The number of rotatable bonds is 5. The number of hydrogen-bond donors (Lipinski definition) is 2. The smallest absolute Gasteiger partial charge is 0.416 e. The van der Waals surface area contributed by atoms with Crippen LogP contribution < -0.4 is 15.4 Å². The Morgan fingerprint density at radius 3 is 2.42 bits per heavy atom. The number of nitrogens with zero attached hydrogens (tertiary/aromatic N) is 2. The number of hydrogen-bond acceptors (Lipinski definition) is 5. The molecule has 2 N–H and O–H groups in total. The van der Waals surface area contributed by atoms with E-state index >= 15 is 0 Å². The van der Waals surface area contributed by atoms with Crippen LogP contribution in [0.1, 0.15) is 15.9 Å². The SMILES string of the molecule is CNc1nccc(-c2cc(NC(=O)c3ccc(C(F)(F)F)cc3)c3cc(OC)ccc3c2)n1. The summed E-state index contributed by atoms with van der Waals surface area (Å²) in [5, 5.41) is 7.23. The topological polar surface area (TPSA) is 76.1 Å². The number of amides is 1. The number of fused-ring (bicyclic) bond motifs is 1. The van der Waals surface area contributed by atoms with E-state index in [1.54, 1.807) is 37.5 Å². The summed E-state index contributed by atoms with van der Waals surface area (Å²) in [6.45, 7) is 0. The minimum absolute atomic E-state index is 0.101. The summed E-state index contributed by atoms with van der Waals surface area (Å²) in [6, 6.07) is 14.9. The predicted molar refractivity (Wildman–Crippen MR) is 120 cm³/mol. The Kier molecular flexibility index (Phi) is 5.87. The molecule has 0 atom stereocenters. The Balaban J connectivity index is 1.76. The number of ether oxygens (including phenoxy) is 1. The number of carbonyl (C=O) groups excluding carboxylic acids is 1. The van der Waals surface area contributed by atoms with Crippen molar-refractivity contribution in [2.45, 2.75) is 6.18 Å². The van der Waals surface area contributed by atoms with Gasteiger partial charge in [0.05, 0.1) is 18.4 Å². The zero-order chi connectivity index (χ0) is 23.6. The second kappa shape index (κ2) is 8.78. The molecule has 1 amide bonds. The zero-order valence-electron chi connectivity index (χ0n) is 17.7. The van der Waals surface area contributed by atoms with Crippen LogP contribution in [0.25, 0.3) is 22.0 Å². The minimum atomic E-state index is -4.47. The molecule has 0 fully saturated rings. The van der Waals surface area contributed by atoms with Gasteiger partial charge >= 0.3 is 6.18 Å².